The molecule has 2 aliphatic rings. The highest BCUT2D eigenvalue weighted by atomic mass is 16.5. The van der Waals surface area contributed by atoms with Crippen molar-refractivity contribution in [3.8, 4) is 0 Å². The maximum atomic E-state index is 13.4. The van der Waals surface area contributed by atoms with Gasteiger partial charge in [0.1, 0.15) is 0 Å². The van der Waals surface area contributed by atoms with Gasteiger partial charge in [0.2, 0.25) is 11.8 Å². The molecule has 2 aromatic rings. The lowest BCUT2D eigenvalue weighted by Crippen LogP contribution is -2.34. The van der Waals surface area contributed by atoms with Crippen molar-refractivity contribution in [2.75, 3.05) is 19.8 Å². The van der Waals surface area contributed by atoms with Gasteiger partial charge in [-0.1, -0.05) is 78.9 Å². The molecule has 4 atom stereocenters. The molecule has 4 rings (SSSR count). The first kappa shape index (κ1) is 19.3. The minimum Gasteiger partial charge on any atom is -0.376 e. The molecule has 2 aromatic carbocycles. The summed E-state index contributed by atoms with van der Waals surface area (Å²) in [4.78, 5) is 28.1. The summed E-state index contributed by atoms with van der Waals surface area (Å²) in [6.07, 6.45) is 5.88. The quantitative estimate of drug-likeness (QED) is 0.411. The van der Waals surface area contributed by atoms with E-state index in [4.69, 9.17) is 4.74 Å². The van der Waals surface area contributed by atoms with Crippen LogP contribution in [0.3, 0.4) is 0 Å². The molecule has 0 spiro atoms. The van der Waals surface area contributed by atoms with Crippen molar-refractivity contribution in [3.63, 3.8) is 0 Å². The summed E-state index contributed by atoms with van der Waals surface area (Å²) in [7, 11) is 0. The van der Waals surface area contributed by atoms with Crippen LogP contribution in [0.25, 0.3) is 0 Å². The molecule has 0 bridgehead atoms. The minimum absolute atomic E-state index is 0.0960. The maximum Gasteiger partial charge on any atom is 0.234 e. The SMILES string of the molecule is C=CCOCCN1C(=O)[C@H]2[C@H](C1=O)[C@H](c1ccccc1)C=C[C@@H]2c1ccccc1. The number of hydrogen-bond donors (Lipinski definition) is 0. The molecular formula is C25H25NO3. The lowest BCUT2D eigenvalue weighted by Gasteiger charge is -2.32. The zero-order valence-electron chi connectivity index (χ0n) is 16.3. The zero-order chi connectivity index (χ0) is 20.2. The predicted octanol–water partition coefficient (Wildman–Crippen LogP) is 3.93. The number of carbonyl (C=O) groups excluding carboxylic acids is 2. The first-order valence-electron chi connectivity index (χ1n) is 10.0. The fourth-order valence-corrected chi connectivity index (χ4v) is 4.54. The third-order valence-electron chi connectivity index (χ3n) is 5.85. The van der Waals surface area contributed by atoms with Crippen molar-refractivity contribution in [2.45, 2.75) is 11.8 Å². The highest BCUT2D eigenvalue weighted by molar-refractivity contribution is 6.06. The Bertz CT molecular complexity index is 839. The second kappa shape index (κ2) is 8.58. The molecule has 1 heterocycles. The number of rotatable bonds is 7. The Morgan fingerprint density at radius 2 is 1.31 bits per heavy atom. The lowest BCUT2D eigenvalue weighted by atomic mass is 9.68. The van der Waals surface area contributed by atoms with Crippen LogP contribution < -0.4 is 0 Å². The second-order valence-electron chi connectivity index (χ2n) is 7.50. The zero-order valence-corrected chi connectivity index (χ0v) is 16.3. The number of ether oxygens (including phenoxy) is 1. The molecule has 148 valence electrons. The van der Waals surface area contributed by atoms with Gasteiger partial charge in [0.15, 0.2) is 0 Å². The van der Waals surface area contributed by atoms with Crippen LogP contribution in [0.1, 0.15) is 23.0 Å². The number of likely N-dealkylation sites (tertiary alicyclic amines) is 1. The average Bonchev–Trinajstić information content (AvgIpc) is 3.02. The minimum atomic E-state index is -0.389. The molecule has 1 aliphatic heterocycles. The highest BCUT2D eigenvalue weighted by Gasteiger charge is 2.54. The number of imide groups is 1. The van der Waals surface area contributed by atoms with E-state index >= 15 is 0 Å². The Balaban J connectivity index is 1.69. The van der Waals surface area contributed by atoms with E-state index in [2.05, 4.69) is 18.7 Å². The van der Waals surface area contributed by atoms with Gasteiger partial charge in [-0.25, -0.2) is 0 Å². The van der Waals surface area contributed by atoms with Gasteiger partial charge in [0.25, 0.3) is 0 Å². The number of carbonyl (C=O) groups is 2. The monoisotopic (exact) mass is 387 g/mol. The lowest BCUT2D eigenvalue weighted by molar-refractivity contribution is -0.140. The van der Waals surface area contributed by atoms with Gasteiger partial charge in [0, 0.05) is 11.8 Å². The van der Waals surface area contributed by atoms with E-state index in [1.54, 1.807) is 6.08 Å². The van der Waals surface area contributed by atoms with E-state index in [0.717, 1.165) is 11.1 Å². The molecule has 1 saturated heterocycles. The fourth-order valence-electron chi connectivity index (χ4n) is 4.54. The van der Waals surface area contributed by atoms with Gasteiger partial charge in [-0.3, -0.25) is 14.5 Å². The van der Waals surface area contributed by atoms with Crippen molar-refractivity contribution >= 4 is 11.8 Å². The van der Waals surface area contributed by atoms with Crippen LogP contribution in [-0.4, -0.2) is 36.5 Å². The van der Waals surface area contributed by atoms with Gasteiger partial charge in [-0.2, -0.15) is 0 Å². The van der Waals surface area contributed by atoms with Gasteiger partial charge < -0.3 is 4.74 Å². The van der Waals surface area contributed by atoms with Crippen LogP contribution in [0.15, 0.2) is 85.5 Å². The van der Waals surface area contributed by atoms with E-state index in [-0.39, 0.29) is 42.0 Å². The Morgan fingerprint density at radius 1 is 0.828 bits per heavy atom. The third kappa shape index (κ3) is 3.68. The molecule has 0 unspecified atom stereocenters. The maximum absolute atomic E-state index is 13.4. The molecule has 0 radical (unpaired) electrons. The van der Waals surface area contributed by atoms with Crippen molar-refractivity contribution < 1.29 is 14.3 Å². The van der Waals surface area contributed by atoms with Crippen LogP contribution in [0.4, 0.5) is 0 Å². The molecule has 4 nitrogen and oxygen atoms in total. The number of hydrogen-bond acceptors (Lipinski definition) is 3. The van der Waals surface area contributed by atoms with E-state index in [1.165, 1.54) is 4.90 Å². The molecule has 0 saturated carbocycles. The smallest absolute Gasteiger partial charge is 0.234 e. The van der Waals surface area contributed by atoms with Gasteiger partial charge in [-0.15, -0.1) is 6.58 Å². The first-order chi connectivity index (χ1) is 14.2. The molecule has 0 N–H and O–H groups in total. The van der Waals surface area contributed by atoms with E-state index in [1.807, 2.05) is 60.7 Å². The highest BCUT2D eigenvalue weighted by Crippen LogP contribution is 2.49. The van der Waals surface area contributed by atoms with Crippen molar-refractivity contribution in [1.29, 1.82) is 0 Å². The molecule has 1 aliphatic carbocycles. The molecule has 2 amide bonds. The summed E-state index contributed by atoms with van der Waals surface area (Å²) in [5, 5.41) is 0. The van der Waals surface area contributed by atoms with Gasteiger partial charge in [-0.05, 0) is 11.1 Å². The van der Waals surface area contributed by atoms with Crippen molar-refractivity contribution in [1.82, 2.24) is 4.90 Å². The summed E-state index contributed by atoms with van der Waals surface area (Å²) in [5.74, 6) is -1.17. The Kier molecular flexibility index (Phi) is 5.72. The average molecular weight is 387 g/mol. The topological polar surface area (TPSA) is 46.6 Å². The van der Waals surface area contributed by atoms with Crippen molar-refractivity contribution in [2.24, 2.45) is 11.8 Å². The molecule has 29 heavy (non-hydrogen) atoms. The normalized spacial score (nSPS) is 25.9. The summed E-state index contributed by atoms with van der Waals surface area (Å²) in [6.45, 7) is 4.63. The first-order valence-corrected chi connectivity index (χ1v) is 10.0. The Morgan fingerprint density at radius 3 is 1.76 bits per heavy atom. The van der Waals surface area contributed by atoms with Gasteiger partial charge in [0.05, 0.1) is 31.6 Å². The summed E-state index contributed by atoms with van der Waals surface area (Å²) < 4.78 is 5.44. The van der Waals surface area contributed by atoms with Crippen molar-refractivity contribution in [3.05, 3.63) is 96.6 Å². The van der Waals surface area contributed by atoms with Gasteiger partial charge >= 0.3 is 0 Å². The van der Waals surface area contributed by atoms with E-state index < -0.39 is 0 Å². The number of amides is 2. The number of nitrogens with zero attached hydrogens (tertiary/aromatic N) is 1. The molecule has 0 aromatic heterocycles. The molecule has 4 heteroatoms. The second-order valence-corrected chi connectivity index (χ2v) is 7.50. The largest absolute Gasteiger partial charge is 0.376 e. The van der Waals surface area contributed by atoms with Crippen LogP contribution in [0, 0.1) is 11.8 Å². The third-order valence-corrected chi connectivity index (χ3v) is 5.85. The molecule has 1 fully saturated rings. The van der Waals surface area contributed by atoms with Crippen LogP contribution in [0.2, 0.25) is 0 Å². The summed E-state index contributed by atoms with van der Waals surface area (Å²) in [5.41, 5.74) is 2.13. The van der Waals surface area contributed by atoms with E-state index in [9.17, 15) is 9.59 Å². The fraction of sp³-hybridized carbons (Fsp3) is 0.280. The number of benzene rings is 2. The Labute approximate surface area is 171 Å². The predicted molar refractivity (Wildman–Crippen MR) is 112 cm³/mol. The summed E-state index contributed by atoms with van der Waals surface area (Å²) in [6, 6.07) is 20.0. The summed E-state index contributed by atoms with van der Waals surface area (Å²) >= 11 is 0. The number of allylic oxidation sites excluding steroid dienone is 2. The van der Waals surface area contributed by atoms with E-state index in [0.29, 0.717) is 13.2 Å². The molecular weight excluding hydrogens is 362 g/mol. The number of fused-ring (bicyclic) bond motifs is 1. The Hall–Kier alpha value is -2.98. The van der Waals surface area contributed by atoms with Crippen LogP contribution >= 0.6 is 0 Å². The standard InChI is InChI=1S/C25H25NO3/c1-2-16-29-17-15-26-24(27)22-20(18-9-5-3-6-10-18)13-14-21(23(22)25(26)28)19-11-7-4-8-12-19/h2-14,20-23H,1,15-17H2/t20-,21+,22-,23-/m1/s1. The van der Waals surface area contributed by atoms with Crippen LogP contribution in [0.5, 0.6) is 0 Å². The van der Waals surface area contributed by atoms with Crippen LogP contribution in [-0.2, 0) is 14.3 Å².